The van der Waals surface area contributed by atoms with E-state index in [0.29, 0.717) is 0 Å². The molecule has 3 aromatic carbocycles. The zero-order valence-electron chi connectivity index (χ0n) is 23.5. The van der Waals surface area contributed by atoms with Crippen molar-refractivity contribution in [2.45, 2.75) is 116 Å². The number of unbranched alkanes of at least 4 members (excludes halogenated alkanes) is 7. The van der Waals surface area contributed by atoms with Crippen LogP contribution in [0.15, 0.2) is 60.7 Å². The average molecular weight is 493 g/mol. The van der Waals surface area contributed by atoms with Gasteiger partial charge in [0.15, 0.2) is 0 Å². The highest BCUT2D eigenvalue weighted by Crippen LogP contribution is 2.37. The van der Waals surface area contributed by atoms with Crippen molar-refractivity contribution >= 4 is 10.8 Å². The fourth-order valence-corrected chi connectivity index (χ4v) is 6.07. The van der Waals surface area contributed by atoms with Crippen molar-refractivity contribution in [3.05, 3.63) is 82.9 Å². The van der Waals surface area contributed by atoms with E-state index in [4.69, 9.17) is 0 Å². The summed E-state index contributed by atoms with van der Waals surface area (Å²) in [5.41, 5.74) is 5.17. The summed E-state index contributed by atoms with van der Waals surface area (Å²) < 4.78 is 0. The van der Waals surface area contributed by atoms with Gasteiger partial charge in [-0.25, -0.2) is 0 Å². The molecule has 0 heteroatoms. The van der Waals surface area contributed by atoms with Crippen molar-refractivity contribution in [1.82, 2.24) is 0 Å². The first-order valence-corrected chi connectivity index (χ1v) is 15.4. The van der Waals surface area contributed by atoms with E-state index in [0.717, 1.165) is 23.0 Å². The quantitative estimate of drug-likeness (QED) is 0.174. The van der Waals surface area contributed by atoms with Gasteiger partial charge in [-0.3, -0.25) is 0 Å². The molecule has 0 unspecified atom stereocenters. The van der Waals surface area contributed by atoms with Crippen LogP contribution in [0.2, 0.25) is 0 Å². The standard InChI is InChI=1S/C37H48/c1-3-5-7-8-9-10-11-13-30-16-22-34(23-17-30)35-24-18-31(19-25-35)14-15-33-21-27-36-28-32(12-6-4-2)20-26-37(36)29-33/h18-21,24-30,34H,3-13,16-17,22-23H2,1-2H3. The predicted octanol–water partition coefficient (Wildman–Crippen LogP) is 11.0. The van der Waals surface area contributed by atoms with Crippen LogP contribution in [0.25, 0.3) is 10.8 Å². The normalized spacial score (nSPS) is 17.5. The summed E-state index contributed by atoms with van der Waals surface area (Å²) in [5, 5.41) is 2.60. The van der Waals surface area contributed by atoms with Gasteiger partial charge in [-0.15, -0.1) is 0 Å². The van der Waals surface area contributed by atoms with Crippen molar-refractivity contribution < 1.29 is 0 Å². The summed E-state index contributed by atoms with van der Waals surface area (Å²) in [6, 6.07) is 22.6. The molecule has 0 N–H and O–H groups in total. The maximum Gasteiger partial charge on any atom is 0.0255 e. The second-order valence-corrected chi connectivity index (χ2v) is 11.5. The molecule has 0 radical (unpaired) electrons. The Hall–Kier alpha value is -2.52. The van der Waals surface area contributed by atoms with Crippen molar-refractivity contribution in [3.63, 3.8) is 0 Å². The van der Waals surface area contributed by atoms with Crippen molar-refractivity contribution in [3.8, 4) is 11.8 Å². The number of aryl methyl sites for hydroxylation is 1. The van der Waals surface area contributed by atoms with Crippen LogP contribution in [0, 0.1) is 17.8 Å². The van der Waals surface area contributed by atoms with Gasteiger partial charge >= 0.3 is 0 Å². The Morgan fingerprint density at radius 2 is 1.22 bits per heavy atom. The Kier molecular flexibility index (Phi) is 11.2. The van der Waals surface area contributed by atoms with E-state index in [1.54, 1.807) is 0 Å². The van der Waals surface area contributed by atoms with Gasteiger partial charge in [0.2, 0.25) is 0 Å². The van der Waals surface area contributed by atoms with Crippen LogP contribution in [0.5, 0.6) is 0 Å². The number of benzene rings is 3. The average Bonchev–Trinajstić information content (AvgIpc) is 2.95. The van der Waals surface area contributed by atoms with Crippen LogP contribution in [0.3, 0.4) is 0 Å². The van der Waals surface area contributed by atoms with Gasteiger partial charge in [0, 0.05) is 11.1 Å². The molecular formula is C37H48. The summed E-state index contributed by atoms with van der Waals surface area (Å²) >= 11 is 0. The first-order chi connectivity index (χ1) is 18.2. The molecule has 0 spiro atoms. The molecule has 0 saturated heterocycles. The lowest BCUT2D eigenvalue weighted by Gasteiger charge is -2.29. The highest BCUT2D eigenvalue weighted by molar-refractivity contribution is 5.84. The minimum Gasteiger partial charge on any atom is -0.0654 e. The molecule has 1 fully saturated rings. The molecule has 37 heavy (non-hydrogen) atoms. The first-order valence-electron chi connectivity index (χ1n) is 15.4. The Morgan fingerprint density at radius 1 is 0.595 bits per heavy atom. The minimum absolute atomic E-state index is 0.745. The molecule has 0 aliphatic heterocycles. The second kappa shape index (κ2) is 15.0. The molecule has 1 saturated carbocycles. The topological polar surface area (TPSA) is 0 Å². The lowest BCUT2D eigenvalue weighted by atomic mass is 9.77. The Balaban J connectivity index is 1.23. The van der Waals surface area contributed by atoms with Gasteiger partial charge in [0.1, 0.15) is 0 Å². The molecule has 196 valence electrons. The highest BCUT2D eigenvalue weighted by Gasteiger charge is 2.21. The smallest absolute Gasteiger partial charge is 0.0255 e. The molecule has 1 aliphatic rings. The molecule has 0 heterocycles. The molecule has 0 atom stereocenters. The molecule has 0 nitrogen and oxygen atoms in total. The summed E-state index contributed by atoms with van der Waals surface area (Å²) in [6.45, 7) is 4.55. The van der Waals surface area contributed by atoms with E-state index in [9.17, 15) is 0 Å². The third kappa shape index (κ3) is 8.78. The summed E-state index contributed by atoms with van der Waals surface area (Å²) in [7, 11) is 0. The lowest BCUT2D eigenvalue weighted by molar-refractivity contribution is 0.302. The van der Waals surface area contributed by atoms with E-state index in [1.807, 2.05) is 0 Å². The van der Waals surface area contributed by atoms with Crippen LogP contribution in [-0.4, -0.2) is 0 Å². The number of fused-ring (bicyclic) bond motifs is 1. The van der Waals surface area contributed by atoms with Gasteiger partial charge < -0.3 is 0 Å². The van der Waals surface area contributed by atoms with E-state index < -0.39 is 0 Å². The maximum atomic E-state index is 3.40. The van der Waals surface area contributed by atoms with Gasteiger partial charge in [-0.05, 0) is 96.5 Å². The molecule has 3 aromatic rings. The lowest BCUT2D eigenvalue weighted by Crippen LogP contribution is -2.13. The molecular weight excluding hydrogens is 444 g/mol. The van der Waals surface area contributed by atoms with Crippen LogP contribution in [-0.2, 0) is 6.42 Å². The Labute approximate surface area is 227 Å². The zero-order chi connectivity index (χ0) is 25.7. The van der Waals surface area contributed by atoms with Crippen LogP contribution < -0.4 is 0 Å². The summed E-state index contributed by atoms with van der Waals surface area (Å²) in [6.07, 6.45) is 20.7. The van der Waals surface area contributed by atoms with Crippen molar-refractivity contribution in [1.29, 1.82) is 0 Å². The summed E-state index contributed by atoms with van der Waals surface area (Å²) in [4.78, 5) is 0. The molecule has 4 rings (SSSR count). The largest absolute Gasteiger partial charge is 0.0654 e. The third-order valence-electron chi connectivity index (χ3n) is 8.52. The van der Waals surface area contributed by atoms with Gasteiger partial charge in [0.05, 0.1) is 0 Å². The zero-order valence-corrected chi connectivity index (χ0v) is 23.5. The second-order valence-electron chi connectivity index (χ2n) is 11.5. The number of rotatable bonds is 12. The maximum absolute atomic E-state index is 3.40. The molecule has 1 aliphatic carbocycles. The van der Waals surface area contributed by atoms with Gasteiger partial charge in [-0.2, -0.15) is 0 Å². The van der Waals surface area contributed by atoms with E-state index in [1.165, 1.54) is 118 Å². The Bertz CT molecular complexity index is 1130. The molecule has 0 bridgehead atoms. The molecule has 0 aromatic heterocycles. The monoisotopic (exact) mass is 492 g/mol. The Morgan fingerprint density at radius 3 is 1.97 bits per heavy atom. The van der Waals surface area contributed by atoms with Crippen LogP contribution in [0.4, 0.5) is 0 Å². The fourth-order valence-electron chi connectivity index (χ4n) is 6.07. The van der Waals surface area contributed by atoms with Gasteiger partial charge in [0.25, 0.3) is 0 Å². The molecule has 0 amide bonds. The van der Waals surface area contributed by atoms with E-state index >= 15 is 0 Å². The van der Waals surface area contributed by atoms with Crippen LogP contribution in [0.1, 0.15) is 132 Å². The SMILES string of the molecule is CCCCCCCCCC1CCC(c2ccc(C#Cc3ccc4cc(CCCC)ccc4c3)cc2)CC1. The van der Waals surface area contributed by atoms with E-state index in [2.05, 4.69) is 86.4 Å². The highest BCUT2D eigenvalue weighted by atomic mass is 14.3. The minimum atomic E-state index is 0.745. The fraction of sp³-hybridized carbons (Fsp3) is 0.514. The predicted molar refractivity (Wildman–Crippen MR) is 162 cm³/mol. The van der Waals surface area contributed by atoms with Crippen molar-refractivity contribution in [2.75, 3.05) is 0 Å². The van der Waals surface area contributed by atoms with E-state index in [-0.39, 0.29) is 0 Å². The van der Waals surface area contributed by atoms with Gasteiger partial charge in [-0.1, -0.05) is 120 Å². The van der Waals surface area contributed by atoms with Crippen molar-refractivity contribution in [2.24, 2.45) is 5.92 Å². The van der Waals surface area contributed by atoms with Crippen LogP contribution >= 0.6 is 0 Å². The summed E-state index contributed by atoms with van der Waals surface area (Å²) in [5.74, 6) is 8.51. The first kappa shape index (κ1) is 27.5. The number of hydrogen-bond acceptors (Lipinski definition) is 0. The third-order valence-corrected chi connectivity index (χ3v) is 8.52. The number of hydrogen-bond donors (Lipinski definition) is 0.